The molecule has 92 valence electrons. The fourth-order valence-corrected chi connectivity index (χ4v) is 2.53. The average molecular weight is 231 g/mol. The monoisotopic (exact) mass is 231 g/mol. The molecule has 1 nitrogen and oxygen atoms in total. The van der Waals surface area contributed by atoms with Gasteiger partial charge in [-0.05, 0) is 50.8 Å². The molecule has 0 aliphatic heterocycles. The van der Waals surface area contributed by atoms with Crippen molar-refractivity contribution in [3.05, 3.63) is 0 Å². The second-order valence-corrected chi connectivity index (χ2v) is 5.25. The highest BCUT2D eigenvalue weighted by Crippen LogP contribution is 2.29. The van der Waals surface area contributed by atoms with Crippen LogP contribution in [0.4, 0.5) is 0 Å². The number of thiol groups is 1. The van der Waals surface area contributed by atoms with E-state index >= 15 is 0 Å². The predicted octanol–water partition coefficient (Wildman–Crippen LogP) is 3.84. The maximum absolute atomic E-state index is 4.55. The molecule has 0 spiro atoms. The minimum absolute atomic E-state index is 0.419. The molecule has 0 aromatic heterocycles. The van der Waals surface area contributed by atoms with Crippen molar-refractivity contribution >= 4 is 12.6 Å². The standard InChI is InChI=1S/C13H29NS/c1-6-9-14(12(4)5)10-13(7-2,8-3)11-15/h12,15H,6-11H2,1-5H3. The molecule has 0 rings (SSSR count). The van der Waals surface area contributed by atoms with Crippen LogP contribution in [0.3, 0.4) is 0 Å². The van der Waals surface area contributed by atoms with Gasteiger partial charge in [0, 0.05) is 12.6 Å². The first-order chi connectivity index (χ1) is 7.05. The van der Waals surface area contributed by atoms with Crippen LogP contribution in [-0.4, -0.2) is 29.8 Å². The Balaban J connectivity index is 4.45. The lowest BCUT2D eigenvalue weighted by Crippen LogP contribution is -2.42. The van der Waals surface area contributed by atoms with Gasteiger partial charge >= 0.3 is 0 Å². The molecular formula is C13H29NS. The second-order valence-electron chi connectivity index (χ2n) is 4.93. The van der Waals surface area contributed by atoms with Gasteiger partial charge in [0.15, 0.2) is 0 Å². The van der Waals surface area contributed by atoms with Crippen LogP contribution < -0.4 is 0 Å². The van der Waals surface area contributed by atoms with Crippen LogP contribution in [0.15, 0.2) is 0 Å². The third-order valence-electron chi connectivity index (χ3n) is 3.62. The van der Waals surface area contributed by atoms with Crippen LogP contribution in [0.1, 0.15) is 53.9 Å². The normalized spacial score (nSPS) is 12.8. The van der Waals surface area contributed by atoms with Gasteiger partial charge in [0.1, 0.15) is 0 Å². The molecule has 0 radical (unpaired) electrons. The molecule has 0 amide bonds. The Bertz CT molecular complexity index is 144. The minimum Gasteiger partial charge on any atom is -0.300 e. The van der Waals surface area contributed by atoms with E-state index in [0.717, 1.165) is 5.75 Å². The van der Waals surface area contributed by atoms with Crippen molar-refractivity contribution < 1.29 is 0 Å². The number of nitrogens with zero attached hydrogens (tertiary/aromatic N) is 1. The highest BCUT2D eigenvalue weighted by molar-refractivity contribution is 7.80. The van der Waals surface area contributed by atoms with Gasteiger partial charge in [-0.25, -0.2) is 0 Å². The van der Waals surface area contributed by atoms with E-state index in [1.165, 1.54) is 32.4 Å². The smallest absolute Gasteiger partial charge is 0.00483 e. The lowest BCUT2D eigenvalue weighted by Gasteiger charge is -2.38. The highest BCUT2D eigenvalue weighted by atomic mass is 32.1. The maximum atomic E-state index is 4.55. The fourth-order valence-electron chi connectivity index (χ4n) is 1.99. The van der Waals surface area contributed by atoms with Crippen molar-refractivity contribution in [2.24, 2.45) is 5.41 Å². The van der Waals surface area contributed by atoms with E-state index in [9.17, 15) is 0 Å². The number of hydrogen-bond donors (Lipinski definition) is 1. The zero-order chi connectivity index (χ0) is 11.9. The first-order valence-electron chi connectivity index (χ1n) is 6.40. The molecule has 0 unspecified atom stereocenters. The molecule has 0 saturated carbocycles. The van der Waals surface area contributed by atoms with Gasteiger partial charge < -0.3 is 4.90 Å². The summed E-state index contributed by atoms with van der Waals surface area (Å²) in [5, 5.41) is 0. The second kappa shape index (κ2) is 7.56. The van der Waals surface area contributed by atoms with Crippen LogP contribution in [0.5, 0.6) is 0 Å². The van der Waals surface area contributed by atoms with E-state index < -0.39 is 0 Å². The van der Waals surface area contributed by atoms with Gasteiger partial charge in [-0.1, -0.05) is 20.8 Å². The largest absolute Gasteiger partial charge is 0.300 e. The summed E-state index contributed by atoms with van der Waals surface area (Å²) in [5.74, 6) is 1.01. The Morgan fingerprint density at radius 3 is 1.93 bits per heavy atom. The Hall–Kier alpha value is 0.310. The maximum Gasteiger partial charge on any atom is 0.00483 e. The van der Waals surface area contributed by atoms with E-state index in [0.29, 0.717) is 11.5 Å². The Morgan fingerprint density at radius 1 is 1.13 bits per heavy atom. The fraction of sp³-hybridized carbons (Fsp3) is 1.00. The highest BCUT2D eigenvalue weighted by Gasteiger charge is 2.27. The first-order valence-corrected chi connectivity index (χ1v) is 7.03. The van der Waals surface area contributed by atoms with E-state index in [1.54, 1.807) is 0 Å². The Morgan fingerprint density at radius 2 is 1.67 bits per heavy atom. The molecule has 0 aliphatic rings. The lowest BCUT2D eigenvalue weighted by molar-refractivity contribution is 0.129. The Kier molecular flexibility index (Phi) is 7.72. The van der Waals surface area contributed by atoms with Crippen molar-refractivity contribution in [3.8, 4) is 0 Å². The molecule has 2 heteroatoms. The first kappa shape index (κ1) is 15.3. The lowest BCUT2D eigenvalue weighted by atomic mass is 9.83. The Labute approximate surface area is 102 Å². The molecule has 0 aliphatic carbocycles. The molecule has 0 saturated heterocycles. The van der Waals surface area contributed by atoms with Crippen molar-refractivity contribution in [1.82, 2.24) is 4.90 Å². The van der Waals surface area contributed by atoms with E-state index in [1.807, 2.05) is 0 Å². The van der Waals surface area contributed by atoms with Crippen molar-refractivity contribution in [3.63, 3.8) is 0 Å². The minimum atomic E-state index is 0.419. The number of rotatable bonds is 8. The van der Waals surface area contributed by atoms with Gasteiger partial charge in [-0.2, -0.15) is 12.6 Å². The van der Waals surface area contributed by atoms with Crippen LogP contribution in [-0.2, 0) is 0 Å². The van der Waals surface area contributed by atoms with Gasteiger partial charge in [-0.3, -0.25) is 0 Å². The van der Waals surface area contributed by atoms with E-state index in [2.05, 4.69) is 52.1 Å². The van der Waals surface area contributed by atoms with Crippen LogP contribution >= 0.6 is 12.6 Å². The molecule has 0 N–H and O–H groups in total. The topological polar surface area (TPSA) is 3.24 Å². The van der Waals surface area contributed by atoms with Crippen molar-refractivity contribution in [2.75, 3.05) is 18.8 Å². The molecule has 0 aromatic rings. The molecule has 0 heterocycles. The average Bonchev–Trinajstić information content (AvgIpc) is 2.24. The van der Waals surface area contributed by atoms with E-state index in [4.69, 9.17) is 0 Å². The third-order valence-corrected chi connectivity index (χ3v) is 4.29. The van der Waals surface area contributed by atoms with Crippen LogP contribution in [0, 0.1) is 5.41 Å². The molecule has 0 bridgehead atoms. The summed E-state index contributed by atoms with van der Waals surface area (Å²) in [7, 11) is 0. The summed E-state index contributed by atoms with van der Waals surface area (Å²) < 4.78 is 0. The van der Waals surface area contributed by atoms with Crippen molar-refractivity contribution in [2.45, 2.75) is 59.9 Å². The van der Waals surface area contributed by atoms with Crippen LogP contribution in [0.25, 0.3) is 0 Å². The molecule has 0 fully saturated rings. The molecule has 15 heavy (non-hydrogen) atoms. The zero-order valence-corrected chi connectivity index (χ0v) is 12.1. The van der Waals surface area contributed by atoms with Crippen LogP contribution in [0.2, 0.25) is 0 Å². The summed E-state index contributed by atoms with van der Waals surface area (Å²) in [4.78, 5) is 2.60. The summed E-state index contributed by atoms with van der Waals surface area (Å²) in [5.41, 5.74) is 0.419. The number of hydrogen-bond acceptors (Lipinski definition) is 2. The molecular weight excluding hydrogens is 202 g/mol. The SMILES string of the molecule is CCCN(CC(CC)(CC)CS)C(C)C. The van der Waals surface area contributed by atoms with Gasteiger partial charge in [-0.15, -0.1) is 0 Å². The molecule has 0 atom stereocenters. The van der Waals surface area contributed by atoms with Crippen molar-refractivity contribution in [1.29, 1.82) is 0 Å². The third kappa shape index (κ3) is 4.78. The van der Waals surface area contributed by atoms with Gasteiger partial charge in [0.05, 0.1) is 0 Å². The summed E-state index contributed by atoms with van der Waals surface area (Å²) in [6, 6.07) is 0.655. The van der Waals surface area contributed by atoms with E-state index in [-0.39, 0.29) is 0 Å². The molecule has 0 aromatic carbocycles. The summed E-state index contributed by atoms with van der Waals surface area (Å²) >= 11 is 4.55. The quantitative estimate of drug-likeness (QED) is 0.621. The predicted molar refractivity (Wildman–Crippen MR) is 73.9 cm³/mol. The van der Waals surface area contributed by atoms with Gasteiger partial charge in [0.2, 0.25) is 0 Å². The van der Waals surface area contributed by atoms with Gasteiger partial charge in [0.25, 0.3) is 0 Å². The zero-order valence-electron chi connectivity index (χ0n) is 11.2. The summed E-state index contributed by atoms with van der Waals surface area (Å²) in [6.45, 7) is 13.9. The summed E-state index contributed by atoms with van der Waals surface area (Å²) in [6.07, 6.45) is 3.72.